The standard InChI is InChI=1S/C17H25N3O3/c1-11-18-16(23-19-11)17-8-2-3-13(17)9-20(10-17)15(22)12-4-6-14(21)7-5-12/h12-14,21H,2-10H2,1H3/t12?,13-,14?,17-/m0/s1. The highest BCUT2D eigenvalue weighted by molar-refractivity contribution is 5.79. The van der Waals surface area contributed by atoms with Crippen LogP contribution in [0.2, 0.25) is 0 Å². The van der Waals surface area contributed by atoms with Crippen LogP contribution in [0, 0.1) is 18.8 Å². The van der Waals surface area contributed by atoms with E-state index in [4.69, 9.17) is 4.52 Å². The van der Waals surface area contributed by atoms with E-state index in [0.29, 0.717) is 11.7 Å². The van der Waals surface area contributed by atoms with Gasteiger partial charge in [0.05, 0.1) is 11.5 Å². The Balaban J connectivity index is 1.52. The van der Waals surface area contributed by atoms with E-state index in [2.05, 4.69) is 10.1 Å². The van der Waals surface area contributed by atoms with Gasteiger partial charge in [0.2, 0.25) is 11.8 Å². The maximum absolute atomic E-state index is 12.9. The third-order valence-electron chi connectivity index (χ3n) is 6.18. The van der Waals surface area contributed by atoms with Crippen LogP contribution in [0.25, 0.3) is 0 Å². The second kappa shape index (κ2) is 5.58. The predicted octanol–water partition coefficient (Wildman–Crippen LogP) is 1.81. The molecule has 1 saturated heterocycles. The lowest BCUT2D eigenvalue weighted by molar-refractivity contribution is -0.136. The molecule has 1 amide bonds. The van der Waals surface area contributed by atoms with E-state index in [9.17, 15) is 9.90 Å². The molecular formula is C17H25N3O3. The van der Waals surface area contributed by atoms with Crippen LogP contribution in [0.5, 0.6) is 0 Å². The lowest BCUT2D eigenvalue weighted by Gasteiger charge is -2.29. The van der Waals surface area contributed by atoms with E-state index in [1.54, 1.807) is 0 Å². The summed E-state index contributed by atoms with van der Waals surface area (Å²) in [6.07, 6.45) is 6.25. The maximum atomic E-state index is 12.9. The lowest BCUT2D eigenvalue weighted by atomic mass is 9.80. The fourth-order valence-corrected chi connectivity index (χ4v) is 4.89. The molecule has 1 aliphatic heterocycles. The highest BCUT2D eigenvalue weighted by Crippen LogP contribution is 2.50. The summed E-state index contributed by atoms with van der Waals surface area (Å²) in [6, 6.07) is 0. The minimum absolute atomic E-state index is 0.0821. The number of nitrogens with zero attached hydrogens (tertiary/aromatic N) is 3. The summed E-state index contributed by atoms with van der Waals surface area (Å²) in [4.78, 5) is 19.4. The van der Waals surface area contributed by atoms with Gasteiger partial charge in [0.15, 0.2) is 5.82 Å². The molecule has 1 N–H and O–H groups in total. The Hall–Kier alpha value is -1.43. The first kappa shape index (κ1) is 15.1. The van der Waals surface area contributed by atoms with Gasteiger partial charge in [-0.3, -0.25) is 4.79 Å². The summed E-state index contributed by atoms with van der Waals surface area (Å²) in [5, 5.41) is 13.6. The molecule has 126 valence electrons. The van der Waals surface area contributed by atoms with Gasteiger partial charge in [-0.05, 0) is 51.4 Å². The largest absolute Gasteiger partial charge is 0.393 e. The summed E-state index contributed by atoms with van der Waals surface area (Å²) >= 11 is 0. The lowest BCUT2D eigenvalue weighted by Crippen LogP contribution is -2.39. The van der Waals surface area contributed by atoms with Crippen LogP contribution < -0.4 is 0 Å². The molecule has 0 aromatic carbocycles. The molecule has 1 aromatic rings. The highest BCUT2D eigenvalue weighted by atomic mass is 16.5. The van der Waals surface area contributed by atoms with Crippen molar-refractivity contribution in [1.82, 2.24) is 15.0 Å². The van der Waals surface area contributed by atoms with E-state index in [1.165, 1.54) is 6.42 Å². The topological polar surface area (TPSA) is 79.5 Å². The number of aromatic nitrogens is 2. The number of aliphatic hydroxyl groups excluding tert-OH is 1. The number of hydrogen-bond donors (Lipinski definition) is 1. The average Bonchev–Trinajstić information content (AvgIpc) is 3.20. The van der Waals surface area contributed by atoms with E-state index in [0.717, 1.165) is 57.5 Å². The summed E-state index contributed by atoms with van der Waals surface area (Å²) in [5.74, 6) is 2.19. The number of rotatable bonds is 2. The van der Waals surface area contributed by atoms with Gasteiger partial charge < -0.3 is 14.5 Å². The summed E-state index contributed by atoms with van der Waals surface area (Å²) in [5.41, 5.74) is -0.120. The van der Waals surface area contributed by atoms with Gasteiger partial charge in [-0.1, -0.05) is 11.6 Å². The van der Waals surface area contributed by atoms with Gasteiger partial charge in [-0.15, -0.1) is 0 Å². The molecule has 23 heavy (non-hydrogen) atoms. The van der Waals surface area contributed by atoms with Crippen LogP contribution in [0.15, 0.2) is 4.52 Å². The number of likely N-dealkylation sites (tertiary alicyclic amines) is 1. The smallest absolute Gasteiger partial charge is 0.234 e. The molecule has 0 bridgehead atoms. The van der Waals surface area contributed by atoms with E-state index < -0.39 is 0 Å². The minimum Gasteiger partial charge on any atom is -0.393 e. The monoisotopic (exact) mass is 319 g/mol. The van der Waals surface area contributed by atoms with E-state index >= 15 is 0 Å². The number of amides is 1. The van der Waals surface area contributed by atoms with Crippen molar-refractivity contribution in [2.24, 2.45) is 11.8 Å². The molecule has 4 rings (SSSR count). The Morgan fingerprint density at radius 2 is 2.09 bits per heavy atom. The molecule has 6 heteroatoms. The normalized spacial score (nSPS) is 37.1. The second-order valence-electron chi connectivity index (χ2n) is 7.62. The van der Waals surface area contributed by atoms with Crippen LogP contribution in [0.3, 0.4) is 0 Å². The fourth-order valence-electron chi connectivity index (χ4n) is 4.89. The van der Waals surface area contributed by atoms with Crippen molar-refractivity contribution in [2.45, 2.75) is 63.4 Å². The van der Waals surface area contributed by atoms with Gasteiger partial charge in [0.1, 0.15) is 0 Å². The quantitative estimate of drug-likeness (QED) is 0.899. The summed E-state index contributed by atoms with van der Waals surface area (Å²) < 4.78 is 5.51. The molecule has 6 nitrogen and oxygen atoms in total. The van der Waals surface area contributed by atoms with Crippen LogP contribution in [-0.4, -0.2) is 45.2 Å². The SMILES string of the molecule is Cc1noc([C@]23CCC[C@H]2CN(C(=O)C2CCC(O)CC2)C3)n1. The third-order valence-corrected chi connectivity index (χ3v) is 6.18. The third kappa shape index (κ3) is 2.47. The Morgan fingerprint density at radius 1 is 1.30 bits per heavy atom. The van der Waals surface area contributed by atoms with Gasteiger partial charge in [-0.2, -0.15) is 4.98 Å². The first-order valence-corrected chi connectivity index (χ1v) is 8.86. The Bertz CT molecular complexity index is 594. The molecule has 0 spiro atoms. The van der Waals surface area contributed by atoms with Gasteiger partial charge in [0, 0.05) is 19.0 Å². The first-order chi connectivity index (χ1) is 11.1. The first-order valence-electron chi connectivity index (χ1n) is 8.86. The Morgan fingerprint density at radius 3 is 2.78 bits per heavy atom. The number of hydrogen-bond acceptors (Lipinski definition) is 5. The number of fused-ring (bicyclic) bond motifs is 1. The Labute approximate surface area is 136 Å². The van der Waals surface area contributed by atoms with E-state index in [-0.39, 0.29) is 23.3 Å². The summed E-state index contributed by atoms with van der Waals surface area (Å²) in [7, 11) is 0. The molecular weight excluding hydrogens is 294 g/mol. The van der Waals surface area contributed by atoms with Crippen LogP contribution in [0.1, 0.15) is 56.7 Å². The minimum atomic E-state index is -0.218. The molecule has 0 radical (unpaired) electrons. The molecule has 2 saturated carbocycles. The summed E-state index contributed by atoms with van der Waals surface area (Å²) in [6.45, 7) is 3.38. The number of aryl methyl sites for hydroxylation is 1. The molecule has 3 aliphatic rings. The van der Waals surface area contributed by atoms with Crippen LogP contribution in [0.4, 0.5) is 0 Å². The molecule has 2 aliphatic carbocycles. The zero-order valence-electron chi connectivity index (χ0n) is 13.7. The number of aliphatic hydroxyl groups is 1. The molecule has 2 heterocycles. The zero-order valence-corrected chi connectivity index (χ0v) is 13.7. The van der Waals surface area contributed by atoms with Crippen molar-refractivity contribution >= 4 is 5.91 Å². The van der Waals surface area contributed by atoms with Crippen molar-refractivity contribution in [2.75, 3.05) is 13.1 Å². The Kier molecular flexibility index (Phi) is 3.67. The average molecular weight is 319 g/mol. The van der Waals surface area contributed by atoms with E-state index in [1.807, 2.05) is 11.8 Å². The van der Waals surface area contributed by atoms with Crippen molar-refractivity contribution < 1.29 is 14.4 Å². The van der Waals surface area contributed by atoms with Crippen LogP contribution >= 0.6 is 0 Å². The number of carbonyl (C=O) groups excluding carboxylic acids is 1. The van der Waals surface area contributed by atoms with Crippen molar-refractivity contribution in [3.05, 3.63) is 11.7 Å². The molecule has 1 aromatic heterocycles. The highest BCUT2D eigenvalue weighted by Gasteiger charge is 2.55. The second-order valence-corrected chi connectivity index (χ2v) is 7.62. The van der Waals surface area contributed by atoms with Gasteiger partial charge in [0.25, 0.3) is 0 Å². The molecule has 2 atom stereocenters. The molecule has 3 fully saturated rings. The zero-order chi connectivity index (χ0) is 16.0. The van der Waals surface area contributed by atoms with Crippen molar-refractivity contribution in [3.8, 4) is 0 Å². The van der Waals surface area contributed by atoms with Crippen molar-refractivity contribution in [1.29, 1.82) is 0 Å². The predicted molar refractivity (Wildman–Crippen MR) is 82.6 cm³/mol. The molecule has 0 unspecified atom stereocenters. The maximum Gasteiger partial charge on any atom is 0.234 e. The number of carbonyl (C=O) groups is 1. The van der Waals surface area contributed by atoms with Crippen LogP contribution in [-0.2, 0) is 10.2 Å². The fraction of sp³-hybridized carbons (Fsp3) is 0.824. The van der Waals surface area contributed by atoms with Gasteiger partial charge in [-0.25, -0.2) is 0 Å². The van der Waals surface area contributed by atoms with Gasteiger partial charge >= 0.3 is 0 Å². The van der Waals surface area contributed by atoms with Crippen molar-refractivity contribution in [3.63, 3.8) is 0 Å².